The molecule has 1 saturated carbocycles. The minimum atomic E-state index is 0.182. The fourth-order valence-electron chi connectivity index (χ4n) is 3.72. The van der Waals surface area contributed by atoms with Crippen molar-refractivity contribution >= 4 is 86.8 Å². The summed E-state index contributed by atoms with van der Waals surface area (Å²) < 4.78 is 5.30. The number of hydrogen-bond donors (Lipinski definition) is 1. The van der Waals surface area contributed by atoms with Gasteiger partial charge in [-0.15, -0.1) is 0 Å². The van der Waals surface area contributed by atoms with E-state index >= 15 is 0 Å². The number of nitrogens with one attached hydrogen (secondary N) is 1. The summed E-state index contributed by atoms with van der Waals surface area (Å²) in [6.45, 7) is 0.579. The van der Waals surface area contributed by atoms with Gasteiger partial charge in [-0.3, -0.25) is 0 Å². The Balaban J connectivity index is 1.68. The van der Waals surface area contributed by atoms with Crippen LogP contribution in [-0.4, -0.2) is 29.3 Å². The van der Waals surface area contributed by atoms with Gasteiger partial charge in [0.2, 0.25) is 0 Å². The van der Waals surface area contributed by atoms with Crippen LogP contribution in [-0.2, 0) is 6.54 Å². The van der Waals surface area contributed by atoms with E-state index in [-0.39, 0.29) is 14.5 Å². The molecule has 1 fully saturated rings. The summed E-state index contributed by atoms with van der Waals surface area (Å²) in [6.07, 6.45) is 6.22. The second kappa shape index (κ2) is 10.2. The number of halogens is 4. The number of benzene rings is 1. The van der Waals surface area contributed by atoms with Crippen molar-refractivity contribution in [2.45, 2.75) is 38.6 Å². The Morgan fingerprint density at radius 2 is 1.93 bits per heavy atom. The molecule has 3 nitrogen and oxygen atoms in total. The van der Waals surface area contributed by atoms with Gasteiger partial charge in [-0.1, -0.05) is 0 Å². The summed E-state index contributed by atoms with van der Waals surface area (Å²) in [5.41, 5.74) is 2.73. The maximum atomic E-state index is 6.53. The molecule has 1 aromatic carbocycles. The van der Waals surface area contributed by atoms with Crippen molar-refractivity contribution in [2.24, 2.45) is 5.92 Å². The molecule has 1 aliphatic rings. The van der Waals surface area contributed by atoms with E-state index < -0.39 is 0 Å². The van der Waals surface area contributed by atoms with Gasteiger partial charge in [0.05, 0.1) is 0 Å². The number of nitrogens with zero attached hydrogens (tertiary/aromatic N) is 2. The molecule has 0 bridgehead atoms. The monoisotopic (exact) mass is 653 g/mol. The molecular weight excluding hydrogens is 636 g/mol. The molecule has 30 heavy (non-hydrogen) atoms. The van der Waals surface area contributed by atoms with Crippen molar-refractivity contribution in [1.29, 1.82) is 0 Å². The molecule has 9 heteroatoms. The van der Waals surface area contributed by atoms with Gasteiger partial charge in [0.15, 0.2) is 0 Å². The summed E-state index contributed by atoms with van der Waals surface area (Å²) in [5.74, 6) is 0.487. The van der Waals surface area contributed by atoms with Gasteiger partial charge in [-0.2, -0.15) is 0 Å². The van der Waals surface area contributed by atoms with Gasteiger partial charge < -0.3 is 0 Å². The van der Waals surface area contributed by atoms with Crippen molar-refractivity contribution in [3.05, 3.63) is 53.9 Å². The zero-order chi connectivity index (χ0) is 21.3. The Hall–Kier alpha value is -0.141. The molecule has 0 amide bonds. The van der Waals surface area contributed by atoms with Crippen LogP contribution >= 0.6 is 67.3 Å². The van der Waals surface area contributed by atoms with Crippen LogP contribution in [0.4, 0.5) is 0 Å². The Bertz CT molecular complexity index is 1080. The standard InChI is InChI=1S/C21H19Br2Cl2N3SSe/c22-18-9-8-17(30-18)20-19(23)15(11-26-21(29)12-4-2-1-3-5-12)27-28(20)16-7-6-13(24)10-14(16)25/h6-10,12H,1-5,11H2,(H,26,29). The van der Waals surface area contributed by atoms with Crippen LogP contribution in [0.1, 0.15) is 37.8 Å². The fraction of sp³-hybridized carbons (Fsp3) is 0.333. The molecule has 0 unspecified atom stereocenters. The Morgan fingerprint density at radius 3 is 2.60 bits per heavy atom. The van der Waals surface area contributed by atoms with E-state index in [9.17, 15) is 0 Å². The summed E-state index contributed by atoms with van der Waals surface area (Å²) >= 11 is 25.9. The Labute approximate surface area is 214 Å². The first-order valence-electron chi connectivity index (χ1n) is 9.70. The third-order valence-corrected chi connectivity index (χ3v) is 10.0. The molecule has 4 rings (SSSR count). The molecule has 0 spiro atoms. The normalized spacial score (nSPS) is 14.8. The second-order valence-corrected chi connectivity index (χ2v) is 13.7. The van der Waals surface area contributed by atoms with Gasteiger partial charge in [-0.25, -0.2) is 0 Å². The quantitative estimate of drug-likeness (QED) is 0.229. The molecule has 0 radical (unpaired) electrons. The van der Waals surface area contributed by atoms with Crippen LogP contribution < -0.4 is 5.32 Å². The summed E-state index contributed by atoms with van der Waals surface area (Å²) in [6, 6.07) is 9.72. The number of rotatable bonds is 5. The van der Waals surface area contributed by atoms with Crippen molar-refractivity contribution in [3.63, 3.8) is 0 Å². The first-order chi connectivity index (χ1) is 14.4. The number of hydrogen-bond acceptors (Lipinski definition) is 2. The SMILES string of the molecule is S=C(NCc1nn(-c2ccc(Cl)cc2Cl)c(-c2ccc(Br)[se]2)c1Br)C1CCCCC1. The summed E-state index contributed by atoms with van der Waals surface area (Å²) in [7, 11) is 0. The predicted molar refractivity (Wildman–Crippen MR) is 137 cm³/mol. The van der Waals surface area contributed by atoms with E-state index in [2.05, 4.69) is 49.3 Å². The third-order valence-electron chi connectivity index (χ3n) is 5.24. The van der Waals surface area contributed by atoms with Crippen molar-refractivity contribution < 1.29 is 0 Å². The van der Waals surface area contributed by atoms with Crippen LogP contribution in [0.15, 0.2) is 38.2 Å². The zero-order valence-electron chi connectivity index (χ0n) is 15.9. The summed E-state index contributed by atoms with van der Waals surface area (Å²) in [4.78, 5) is 0.955. The average Bonchev–Trinajstić information content (AvgIpc) is 3.29. The van der Waals surface area contributed by atoms with E-state index in [1.165, 1.54) is 39.9 Å². The van der Waals surface area contributed by atoms with Crippen LogP contribution in [0.25, 0.3) is 15.8 Å². The molecule has 3 aromatic rings. The molecule has 0 atom stereocenters. The van der Waals surface area contributed by atoms with Crippen LogP contribution in [0.5, 0.6) is 0 Å². The topological polar surface area (TPSA) is 29.9 Å². The van der Waals surface area contributed by atoms with Gasteiger partial charge in [-0.05, 0) is 0 Å². The molecule has 158 valence electrons. The van der Waals surface area contributed by atoms with Gasteiger partial charge in [0, 0.05) is 0 Å². The number of thiocarbonyl (C=S) groups is 1. The van der Waals surface area contributed by atoms with Gasteiger partial charge in [0.25, 0.3) is 0 Å². The van der Waals surface area contributed by atoms with E-state index in [1.807, 2.05) is 16.8 Å². The molecule has 0 aliphatic heterocycles. The van der Waals surface area contributed by atoms with Crippen molar-refractivity contribution in [3.8, 4) is 15.8 Å². The van der Waals surface area contributed by atoms with E-state index in [0.717, 1.165) is 26.5 Å². The van der Waals surface area contributed by atoms with Gasteiger partial charge >= 0.3 is 216 Å². The van der Waals surface area contributed by atoms with Gasteiger partial charge in [0.1, 0.15) is 0 Å². The van der Waals surface area contributed by atoms with Crippen molar-refractivity contribution in [1.82, 2.24) is 15.1 Å². The molecule has 1 aliphatic carbocycles. The zero-order valence-corrected chi connectivity index (χ0v) is 23.1. The molecule has 0 saturated heterocycles. The Kier molecular flexibility index (Phi) is 7.83. The molecule has 2 heterocycles. The van der Waals surface area contributed by atoms with Crippen molar-refractivity contribution in [2.75, 3.05) is 0 Å². The summed E-state index contributed by atoms with van der Waals surface area (Å²) in [5, 5.41) is 9.53. The number of aromatic nitrogens is 2. The fourth-order valence-corrected chi connectivity index (χ4v) is 8.06. The first-order valence-corrected chi connectivity index (χ1v) is 14.2. The van der Waals surface area contributed by atoms with Crippen LogP contribution in [0, 0.1) is 5.92 Å². The van der Waals surface area contributed by atoms with E-state index in [0.29, 0.717) is 22.5 Å². The average molecular weight is 655 g/mol. The minimum absolute atomic E-state index is 0.182. The molecule has 2 aromatic heterocycles. The van der Waals surface area contributed by atoms with Crippen LogP contribution in [0.2, 0.25) is 10.0 Å². The maximum absolute atomic E-state index is 6.53. The molecular formula is C21H19Br2Cl2N3SSe. The third kappa shape index (κ3) is 5.09. The molecule has 1 N–H and O–H groups in total. The van der Waals surface area contributed by atoms with E-state index in [1.54, 1.807) is 6.07 Å². The second-order valence-electron chi connectivity index (χ2n) is 7.27. The predicted octanol–water partition coefficient (Wildman–Crippen LogP) is 7.43. The van der Waals surface area contributed by atoms with E-state index in [4.69, 9.17) is 40.5 Å². The van der Waals surface area contributed by atoms with Crippen LogP contribution in [0.3, 0.4) is 0 Å². The first kappa shape index (κ1) is 23.0. The Morgan fingerprint density at radius 1 is 1.17 bits per heavy atom.